The third-order valence-electron chi connectivity index (χ3n) is 5.38. The Labute approximate surface area is 250 Å². The van der Waals surface area contributed by atoms with Gasteiger partial charge in [-0.1, -0.05) is 18.7 Å². The normalized spacial score (nSPS) is 14.2. The van der Waals surface area contributed by atoms with E-state index in [0.29, 0.717) is 5.56 Å². The molecule has 3 aromatic rings. The maximum Gasteiger partial charge on any atom is 1.00 e. The molecule has 0 spiro atoms. The van der Waals surface area contributed by atoms with E-state index in [0.717, 1.165) is 37.1 Å². The van der Waals surface area contributed by atoms with Crippen LogP contribution in [0.4, 0.5) is 13.2 Å². The van der Waals surface area contributed by atoms with E-state index in [2.05, 4.69) is 18.0 Å². The van der Waals surface area contributed by atoms with E-state index < -0.39 is 23.4 Å². The minimum atomic E-state index is -1.07. The van der Waals surface area contributed by atoms with Crippen molar-refractivity contribution in [3.63, 3.8) is 0 Å². The number of ether oxygens (including phenoxy) is 2. The fourth-order valence-electron chi connectivity index (χ4n) is 3.61. The molecule has 3 aromatic carbocycles. The van der Waals surface area contributed by atoms with E-state index >= 15 is 0 Å². The average Bonchev–Trinajstić information content (AvgIpc) is 3.41. The number of nitrogens with one attached hydrogen (secondary N) is 1. The molecule has 0 bridgehead atoms. The van der Waals surface area contributed by atoms with Crippen LogP contribution in [0.15, 0.2) is 55.1 Å². The Balaban J connectivity index is 0.000000433. The monoisotopic (exact) mass is 523 g/mol. The second-order valence-corrected chi connectivity index (χ2v) is 7.70. The van der Waals surface area contributed by atoms with Gasteiger partial charge in [-0.05, 0) is 43.1 Å². The Bertz CT molecular complexity index is 1190. The van der Waals surface area contributed by atoms with E-state index in [1.165, 1.54) is 19.2 Å². The van der Waals surface area contributed by atoms with Crippen molar-refractivity contribution in [2.75, 3.05) is 13.7 Å². The van der Waals surface area contributed by atoms with Gasteiger partial charge in [0.1, 0.15) is 11.8 Å². The van der Waals surface area contributed by atoms with Crippen LogP contribution in [0, 0.1) is 23.5 Å². The average molecular weight is 524 g/mol. The maximum absolute atomic E-state index is 14.5. The molecule has 1 fully saturated rings. The molecular formula is C27H25F3KNO4. The summed E-state index contributed by atoms with van der Waals surface area (Å²) in [6.07, 6.45) is 2.94. The van der Waals surface area contributed by atoms with Crippen molar-refractivity contribution in [1.29, 1.82) is 0 Å². The van der Waals surface area contributed by atoms with Crippen molar-refractivity contribution in [2.45, 2.75) is 25.5 Å². The quantitative estimate of drug-likeness (QED) is 0.368. The fraction of sp³-hybridized carbons (Fsp3) is 0.222. The second-order valence-electron chi connectivity index (χ2n) is 7.70. The van der Waals surface area contributed by atoms with Gasteiger partial charge in [0.2, 0.25) is 0 Å². The van der Waals surface area contributed by atoms with E-state index in [1.54, 1.807) is 18.2 Å². The Morgan fingerprint density at radius 1 is 1.25 bits per heavy atom. The molecule has 1 atom stereocenters. The number of aliphatic carboxylic acids is 1. The van der Waals surface area contributed by atoms with Crippen molar-refractivity contribution in [3.05, 3.63) is 89.8 Å². The van der Waals surface area contributed by atoms with Gasteiger partial charge in [-0.25, -0.2) is 13.2 Å². The van der Waals surface area contributed by atoms with E-state index in [9.17, 15) is 18.0 Å². The first-order chi connectivity index (χ1) is 16.8. The number of benzene rings is 3. The van der Waals surface area contributed by atoms with Crippen molar-refractivity contribution in [3.8, 4) is 22.6 Å². The third kappa shape index (κ3) is 7.68. The SMILES string of the molecule is C=Cc1c(F)c(F)cc(-c2ccc(OCc3c[c-]ccc3)c(F)c2)c1OC.O=C(O)C1CCCN1.[K+]. The van der Waals surface area contributed by atoms with Gasteiger partial charge < -0.3 is 19.9 Å². The molecule has 9 heteroatoms. The van der Waals surface area contributed by atoms with Crippen LogP contribution in [0.5, 0.6) is 11.5 Å². The van der Waals surface area contributed by atoms with Crippen molar-refractivity contribution >= 4 is 12.0 Å². The van der Waals surface area contributed by atoms with Gasteiger partial charge in [-0.2, -0.15) is 30.3 Å². The molecule has 1 aliphatic heterocycles. The molecule has 2 N–H and O–H groups in total. The number of rotatable bonds is 7. The molecule has 1 heterocycles. The molecule has 1 aliphatic rings. The molecule has 184 valence electrons. The Hall–Kier alpha value is -2.14. The van der Waals surface area contributed by atoms with Gasteiger partial charge in [0.05, 0.1) is 19.3 Å². The van der Waals surface area contributed by atoms with E-state index in [-0.39, 0.29) is 86.7 Å². The first kappa shape index (κ1) is 30.1. The number of hydrogen-bond donors (Lipinski definition) is 2. The number of carboxylic acid groups (broad SMARTS) is 1. The maximum atomic E-state index is 14.5. The number of methoxy groups -OCH3 is 1. The molecule has 0 saturated carbocycles. The summed E-state index contributed by atoms with van der Waals surface area (Å²) in [5.41, 5.74) is 1.27. The summed E-state index contributed by atoms with van der Waals surface area (Å²) in [4.78, 5) is 10.1. The smallest absolute Gasteiger partial charge is 0.498 e. The zero-order valence-corrected chi connectivity index (χ0v) is 23.2. The fourth-order valence-corrected chi connectivity index (χ4v) is 3.61. The standard InChI is InChI=1S/C22H16F3O2.C5H9NO2.K/c1-3-16-21(25)19(24)12-17(22(16)26-2)15-9-10-20(18(23)11-15)27-13-14-7-5-4-6-8-14;7-5(8)4-2-1-3-6-4;/h3-5,7-12H,1,13H2,2H3;4,6H,1-3H2,(H,7,8);/q-1;;+1. The largest absolute Gasteiger partial charge is 1.00 e. The molecule has 0 amide bonds. The molecule has 36 heavy (non-hydrogen) atoms. The number of carboxylic acids is 1. The van der Waals surface area contributed by atoms with Crippen LogP contribution in [0.3, 0.4) is 0 Å². The van der Waals surface area contributed by atoms with Crippen molar-refractivity contribution in [1.82, 2.24) is 5.32 Å². The van der Waals surface area contributed by atoms with Gasteiger partial charge in [-0.3, -0.25) is 4.79 Å². The third-order valence-corrected chi connectivity index (χ3v) is 5.38. The topological polar surface area (TPSA) is 67.8 Å². The van der Waals surface area contributed by atoms with Crippen LogP contribution in [-0.4, -0.2) is 30.8 Å². The second kappa shape index (κ2) is 14.6. The van der Waals surface area contributed by atoms with Crippen molar-refractivity contribution in [2.24, 2.45) is 0 Å². The summed E-state index contributed by atoms with van der Waals surface area (Å²) in [5.74, 6) is -3.35. The number of halogens is 3. The summed E-state index contributed by atoms with van der Waals surface area (Å²) in [6.45, 7) is 4.52. The summed E-state index contributed by atoms with van der Waals surface area (Å²) in [6, 6.07) is 14.9. The molecule has 5 nitrogen and oxygen atoms in total. The number of hydrogen-bond acceptors (Lipinski definition) is 4. The Kier molecular flexibility index (Phi) is 12.2. The van der Waals surface area contributed by atoms with Crippen molar-refractivity contribution < 1.29 is 83.9 Å². The minimum absolute atomic E-state index is 0. The Morgan fingerprint density at radius 2 is 2.03 bits per heavy atom. The zero-order valence-electron chi connectivity index (χ0n) is 20.1. The summed E-state index contributed by atoms with van der Waals surface area (Å²) < 4.78 is 53.0. The summed E-state index contributed by atoms with van der Waals surface area (Å²) in [5, 5.41) is 11.2. The molecule has 1 saturated heterocycles. The van der Waals surface area contributed by atoms with Crippen LogP contribution in [-0.2, 0) is 11.4 Å². The molecule has 0 aromatic heterocycles. The Morgan fingerprint density at radius 3 is 2.56 bits per heavy atom. The minimum Gasteiger partial charge on any atom is -0.498 e. The van der Waals surface area contributed by atoms with E-state index in [4.69, 9.17) is 14.6 Å². The molecular weight excluding hydrogens is 498 g/mol. The molecule has 0 radical (unpaired) electrons. The van der Waals surface area contributed by atoms with E-state index in [1.807, 2.05) is 12.1 Å². The van der Waals surface area contributed by atoms with Gasteiger partial charge in [0.15, 0.2) is 23.2 Å². The zero-order chi connectivity index (χ0) is 25.4. The first-order valence-corrected chi connectivity index (χ1v) is 10.9. The van der Waals surface area contributed by atoms with Crippen LogP contribution in [0.1, 0.15) is 24.0 Å². The summed E-state index contributed by atoms with van der Waals surface area (Å²) in [7, 11) is 1.33. The van der Waals surface area contributed by atoms with Gasteiger partial charge in [0.25, 0.3) is 0 Å². The van der Waals surface area contributed by atoms with Crippen LogP contribution >= 0.6 is 0 Å². The van der Waals surface area contributed by atoms with Crippen LogP contribution < -0.4 is 66.2 Å². The molecule has 4 rings (SSSR count). The predicted molar refractivity (Wildman–Crippen MR) is 127 cm³/mol. The van der Waals surface area contributed by atoms with Crippen LogP contribution in [0.25, 0.3) is 17.2 Å². The van der Waals surface area contributed by atoms with Gasteiger partial charge >= 0.3 is 57.4 Å². The van der Waals surface area contributed by atoms with Gasteiger partial charge in [0, 0.05) is 5.56 Å². The number of carbonyl (C=O) groups is 1. The first-order valence-electron chi connectivity index (χ1n) is 10.9. The van der Waals surface area contributed by atoms with Crippen LogP contribution in [0.2, 0.25) is 0 Å². The van der Waals surface area contributed by atoms with Gasteiger partial charge in [-0.15, -0.1) is 5.56 Å². The molecule has 0 aliphatic carbocycles. The predicted octanol–water partition coefficient (Wildman–Crippen LogP) is 2.63. The summed E-state index contributed by atoms with van der Waals surface area (Å²) >= 11 is 0. The molecule has 1 unspecified atom stereocenters.